The Morgan fingerprint density at radius 1 is 1.22 bits per heavy atom. The molecule has 2 nitrogen and oxygen atoms in total. The molecule has 23 heavy (non-hydrogen) atoms. The molecular weight excluding hydrogens is 300 g/mol. The highest BCUT2D eigenvalue weighted by Gasteiger charge is 2.28. The number of hydrogen-bond acceptors (Lipinski definition) is 2. The fourth-order valence-corrected chi connectivity index (χ4v) is 5.71. The smallest absolute Gasteiger partial charge is 0.302 e. The molecule has 0 aliphatic rings. The first-order valence-electron chi connectivity index (χ1n) is 8.73. The van der Waals surface area contributed by atoms with Gasteiger partial charge in [0.2, 0.25) is 0 Å². The molecule has 0 saturated heterocycles. The molecule has 0 heterocycles. The molecule has 0 aliphatic carbocycles. The Labute approximate surface area is 143 Å². The molecule has 0 aliphatic heterocycles. The van der Waals surface area contributed by atoms with Crippen LogP contribution in [0.5, 0.6) is 0 Å². The summed E-state index contributed by atoms with van der Waals surface area (Å²) in [5.74, 6) is 0.0358. The van der Waals surface area contributed by atoms with E-state index >= 15 is 0 Å². The van der Waals surface area contributed by atoms with Crippen molar-refractivity contribution in [3.63, 3.8) is 0 Å². The van der Waals surface area contributed by atoms with Crippen molar-refractivity contribution in [1.29, 1.82) is 0 Å². The molecule has 2 atom stereocenters. The summed E-state index contributed by atoms with van der Waals surface area (Å²) in [6.07, 6.45) is 5.85. The van der Waals surface area contributed by atoms with Crippen molar-refractivity contribution >= 4 is 19.2 Å². The van der Waals surface area contributed by atoms with Crippen LogP contribution in [0.1, 0.15) is 47.0 Å². The Balaban J connectivity index is 3.07. The number of unbranched alkanes of at least 4 members (excludes halogenated alkanes) is 1. The van der Waals surface area contributed by atoms with E-state index in [-0.39, 0.29) is 18.0 Å². The Kier molecular flexibility index (Phi) is 7.76. The third-order valence-corrected chi connectivity index (χ3v) is 8.45. The van der Waals surface area contributed by atoms with Gasteiger partial charge in [0.15, 0.2) is 0 Å². The van der Waals surface area contributed by atoms with Gasteiger partial charge in [-0.3, -0.25) is 4.79 Å². The van der Waals surface area contributed by atoms with Crippen LogP contribution in [0.2, 0.25) is 13.1 Å². The number of carbonyl (C=O) groups excluding carboxylic acids is 1. The molecule has 1 aromatic rings. The summed E-state index contributed by atoms with van der Waals surface area (Å²) in [5, 5.41) is 3.03. The van der Waals surface area contributed by atoms with Gasteiger partial charge >= 0.3 is 5.97 Å². The van der Waals surface area contributed by atoms with Crippen LogP contribution in [0.4, 0.5) is 0 Å². The lowest BCUT2D eigenvalue weighted by atomic mass is 10.0. The molecular formula is C20H32O2Si. The Bertz CT molecular complexity index is 520. The first-order chi connectivity index (χ1) is 10.8. The van der Waals surface area contributed by atoms with Crippen LogP contribution in [0.3, 0.4) is 0 Å². The molecule has 0 radical (unpaired) electrons. The third-order valence-electron chi connectivity index (χ3n) is 4.65. The predicted molar refractivity (Wildman–Crippen MR) is 102 cm³/mol. The molecule has 128 valence electrons. The van der Waals surface area contributed by atoms with Gasteiger partial charge in [-0.2, -0.15) is 0 Å². The molecule has 0 amide bonds. The Hall–Kier alpha value is -1.35. The van der Waals surface area contributed by atoms with E-state index in [1.54, 1.807) is 5.20 Å². The zero-order valence-electron chi connectivity index (χ0n) is 15.6. The maximum absolute atomic E-state index is 11.2. The van der Waals surface area contributed by atoms with Crippen molar-refractivity contribution in [3.8, 4) is 0 Å². The minimum absolute atomic E-state index is 0.0790. The summed E-state index contributed by atoms with van der Waals surface area (Å²) in [5.41, 5.74) is 0. The van der Waals surface area contributed by atoms with E-state index in [9.17, 15) is 4.79 Å². The lowest BCUT2D eigenvalue weighted by Crippen LogP contribution is -2.44. The summed E-state index contributed by atoms with van der Waals surface area (Å²) in [7, 11) is -1.67. The highest BCUT2D eigenvalue weighted by molar-refractivity contribution is 6.95. The summed E-state index contributed by atoms with van der Waals surface area (Å²) >= 11 is 0. The molecule has 0 N–H and O–H groups in total. The van der Waals surface area contributed by atoms with Crippen molar-refractivity contribution in [2.24, 2.45) is 5.92 Å². The van der Waals surface area contributed by atoms with Gasteiger partial charge in [-0.05, 0) is 13.3 Å². The predicted octanol–water partition coefficient (Wildman–Crippen LogP) is 4.85. The first-order valence-corrected chi connectivity index (χ1v) is 11.7. The fraction of sp³-hybridized carbons (Fsp3) is 0.550. The third kappa shape index (κ3) is 5.98. The van der Waals surface area contributed by atoms with E-state index in [4.69, 9.17) is 4.74 Å². The monoisotopic (exact) mass is 332 g/mol. The number of benzene rings is 1. The highest BCUT2D eigenvalue weighted by atomic mass is 28.3. The van der Waals surface area contributed by atoms with Crippen LogP contribution >= 0.6 is 0 Å². The van der Waals surface area contributed by atoms with Crippen molar-refractivity contribution < 1.29 is 9.53 Å². The van der Waals surface area contributed by atoms with Crippen molar-refractivity contribution in [2.75, 3.05) is 0 Å². The van der Waals surface area contributed by atoms with E-state index in [0.717, 1.165) is 6.42 Å². The number of ether oxygens (including phenoxy) is 1. The lowest BCUT2D eigenvalue weighted by Gasteiger charge is -2.29. The number of rotatable bonds is 8. The minimum Gasteiger partial charge on any atom is -0.462 e. The summed E-state index contributed by atoms with van der Waals surface area (Å²) in [6, 6.07) is 10.9. The van der Waals surface area contributed by atoms with Crippen molar-refractivity contribution in [1.82, 2.24) is 0 Å². The number of esters is 1. The molecule has 0 spiro atoms. The van der Waals surface area contributed by atoms with Crippen LogP contribution in [0.15, 0.2) is 41.6 Å². The zero-order valence-corrected chi connectivity index (χ0v) is 16.6. The van der Waals surface area contributed by atoms with Gasteiger partial charge in [-0.15, -0.1) is 0 Å². The van der Waals surface area contributed by atoms with Crippen LogP contribution in [0.25, 0.3) is 0 Å². The van der Waals surface area contributed by atoms with E-state index in [1.165, 1.54) is 25.0 Å². The van der Waals surface area contributed by atoms with Crippen molar-refractivity contribution in [2.45, 2.75) is 66.2 Å². The van der Waals surface area contributed by atoms with Gasteiger partial charge in [0, 0.05) is 12.8 Å². The second kappa shape index (κ2) is 9.07. The van der Waals surface area contributed by atoms with Gasteiger partial charge in [0.1, 0.15) is 14.2 Å². The highest BCUT2D eigenvalue weighted by Crippen LogP contribution is 2.24. The van der Waals surface area contributed by atoms with E-state index in [0.29, 0.717) is 0 Å². The molecule has 0 bridgehead atoms. The van der Waals surface area contributed by atoms with Gasteiger partial charge < -0.3 is 4.74 Å². The topological polar surface area (TPSA) is 26.3 Å². The second-order valence-electron chi connectivity index (χ2n) is 6.96. The number of hydrogen-bond donors (Lipinski definition) is 0. The van der Waals surface area contributed by atoms with Crippen LogP contribution in [0, 0.1) is 5.92 Å². The summed E-state index contributed by atoms with van der Waals surface area (Å²) in [6.45, 7) is 12.7. The molecule has 0 saturated carbocycles. The maximum Gasteiger partial charge on any atom is 0.302 e. The van der Waals surface area contributed by atoms with Crippen molar-refractivity contribution in [3.05, 3.63) is 41.6 Å². The largest absolute Gasteiger partial charge is 0.462 e. The number of carbonyl (C=O) groups is 1. The fourth-order valence-electron chi connectivity index (χ4n) is 2.83. The average molecular weight is 333 g/mol. The molecule has 0 aromatic heterocycles. The zero-order chi connectivity index (χ0) is 17.5. The second-order valence-corrected chi connectivity index (χ2v) is 11.4. The van der Waals surface area contributed by atoms with Gasteiger partial charge in [-0.25, -0.2) is 0 Å². The van der Waals surface area contributed by atoms with E-state index < -0.39 is 8.07 Å². The first kappa shape index (κ1) is 19.7. The molecule has 0 unspecified atom stereocenters. The van der Waals surface area contributed by atoms with E-state index in [2.05, 4.69) is 63.3 Å². The summed E-state index contributed by atoms with van der Waals surface area (Å²) in [4.78, 5) is 11.2. The lowest BCUT2D eigenvalue weighted by molar-refractivity contribution is -0.146. The van der Waals surface area contributed by atoms with Gasteiger partial charge in [-0.1, -0.05) is 86.6 Å². The normalized spacial score (nSPS) is 15.1. The molecule has 3 heteroatoms. The van der Waals surface area contributed by atoms with Crippen LogP contribution in [-0.2, 0) is 9.53 Å². The molecule has 1 aromatic carbocycles. The maximum atomic E-state index is 11.2. The van der Waals surface area contributed by atoms with E-state index in [1.807, 2.05) is 6.92 Å². The average Bonchev–Trinajstić information content (AvgIpc) is 2.51. The molecule has 0 fully saturated rings. The standard InChI is InChI=1S/C20H32O2Si/c1-7-8-12-20(15-16(2)17(3)22-18(4)21)23(5,6)19-13-10-9-11-14-19/h9-11,13-17H,7-8,12H2,1-6H3/b20-15+/t16-,17-/m0/s1. The minimum atomic E-state index is -1.67. The van der Waals surface area contributed by atoms with Crippen LogP contribution in [-0.4, -0.2) is 20.1 Å². The Morgan fingerprint density at radius 3 is 2.35 bits per heavy atom. The SMILES string of the molecule is CCCC/C(=C\[C@H](C)[C@H](C)OC(C)=O)[Si](C)(C)c1ccccc1. The Morgan fingerprint density at radius 2 is 1.83 bits per heavy atom. The quantitative estimate of drug-likeness (QED) is 0.503. The summed E-state index contributed by atoms with van der Waals surface area (Å²) < 4.78 is 5.37. The van der Waals surface area contributed by atoms with Gasteiger partial charge in [0.25, 0.3) is 0 Å². The van der Waals surface area contributed by atoms with Crippen LogP contribution < -0.4 is 5.19 Å². The molecule has 1 rings (SSSR count). The number of allylic oxidation sites excluding steroid dienone is 1. The van der Waals surface area contributed by atoms with Gasteiger partial charge in [0.05, 0.1) is 0 Å².